The molecule has 1 atom stereocenters. The fourth-order valence-electron chi connectivity index (χ4n) is 3.27. The second-order valence-electron chi connectivity index (χ2n) is 6.82. The zero-order valence-electron chi connectivity index (χ0n) is 15.6. The van der Waals surface area contributed by atoms with Gasteiger partial charge in [0, 0.05) is 41.9 Å². The van der Waals surface area contributed by atoms with E-state index >= 15 is 0 Å². The van der Waals surface area contributed by atoms with E-state index in [0.29, 0.717) is 23.7 Å². The van der Waals surface area contributed by atoms with Gasteiger partial charge in [0.1, 0.15) is 5.75 Å². The van der Waals surface area contributed by atoms with Crippen molar-refractivity contribution in [1.29, 1.82) is 0 Å². The van der Waals surface area contributed by atoms with Gasteiger partial charge in [0.15, 0.2) is 0 Å². The molecule has 0 saturated carbocycles. The lowest BCUT2D eigenvalue weighted by molar-refractivity contribution is 0.0599. The Kier molecular flexibility index (Phi) is 6.24. The summed E-state index contributed by atoms with van der Waals surface area (Å²) in [7, 11) is 1.40. The minimum absolute atomic E-state index is 0.0589. The van der Waals surface area contributed by atoms with Gasteiger partial charge in [-0.05, 0) is 42.3 Å². The number of hydrogen-bond donors (Lipinski definition) is 1. The number of esters is 1. The molecule has 1 heterocycles. The van der Waals surface area contributed by atoms with Gasteiger partial charge in [-0.3, -0.25) is 0 Å². The van der Waals surface area contributed by atoms with Crippen LogP contribution in [0.1, 0.15) is 28.4 Å². The van der Waals surface area contributed by atoms with Crippen LogP contribution in [-0.2, 0) is 17.7 Å². The zero-order chi connectivity index (χ0) is 19.4. The highest BCUT2D eigenvalue weighted by Crippen LogP contribution is 2.34. The monoisotopic (exact) mass is 389 g/mol. The van der Waals surface area contributed by atoms with Crippen molar-refractivity contribution in [2.45, 2.75) is 19.9 Å². The van der Waals surface area contributed by atoms with Crippen LogP contribution in [0.2, 0.25) is 5.02 Å². The fourth-order valence-corrected chi connectivity index (χ4v) is 3.46. The smallest absolute Gasteiger partial charge is 0.338 e. The van der Waals surface area contributed by atoms with Gasteiger partial charge in [-0.2, -0.15) is 0 Å². The Hall–Kier alpha value is -2.24. The molecule has 0 amide bonds. The Morgan fingerprint density at radius 3 is 2.89 bits per heavy atom. The van der Waals surface area contributed by atoms with Crippen molar-refractivity contribution >= 4 is 23.3 Å². The molecule has 1 aliphatic heterocycles. The van der Waals surface area contributed by atoms with Gasteiger partial charge in [-0.1, -0.05) is 24.6 Å². The molecule has 2 aromatic carbocycles. The van der Waals surface area contributed by atoms with Crippen molar-refractivity contribution in [2.75, 3.05) is 31.8 Å². The normalized spacial score (nSPS) is 14.0. The van der Waals surface area contributed by atoms with Crippen molar-refractivity contribution in [3.05, 3.63) is 58.1 Å². The number of fused-ring (bicyclic) bond motifs is 1. The third-order valence-corrected chi connectivity index (χ3v) is 4.98. The van der Waals surface area contributed by atoms with E-state index in [0.717, 1.165) is 35.5 Å². The molecule has 0 radical (unpaired) electrons. The second kappa shape index (κ2) is 8.63. The molecule has 2 aromatic rings. The standard InChI is InChI=1S/C21H24ClNO4/c1-14(12-24)13-27-20-7-6-16(22)10-15(20)11-23-9-8-17-18(21(25)26-2)4-3-5-19(17)23/h3-7,10,14,24H,8-9,11-13H2,1-2H3. The fraction of sp³-hybridized carbons (Fsp3) is 0.381. The maximum atomic E-state index is 12.0. The highest BCUT2D eigenvalue weighted by atomic mass is 35.5. The van der Waals surface area contributed by atoms with Crippen LogP contribution in [0.15, 0.2) is 36.4 Å². The number of methoxy groups -OCH3 is 1. The van der Waals surface area contributed by atoms with Crippen molar-refractivity contribution in [2.24, 2.45) is 5.92 Å². The van der Waals surface area contributed by atoms with Crippen LogP contribution in [0.25, 0.3) is 0 Å². The molecular formula is C21H24ClNO4. The molecular weight excluding hydrogens is 366 g/mol. The summed E-state index contributed by atoms with van der Waals surface area (Å²) in [5.41, 5.74) is 3.65. The third-order valence-electron chi connectivity index (χ3n) is 4.75. The maximum Gasteiger partial charge on any atom is 0.338 e. The summed E-state index contributed by atoms with van der Waals surface area (Å²) >= 11 is 6.20. The molecule has 0 aliphatic carbocycles. The van der Waals surface area contributed by atoms with E-state index in [4.69, 9.17) is 21.1 Å². The van der Waals surface area contributed by atoms with E-state index in [2.05, 4.69) is 4.90 Å². The molecule has 1 aliphatic rings. The largest absolute Gasteiger partial charge is 0.493 e. The summed E-state index contributed by atoms with van der Waals surface area (Å²) in [6.07, 6.45) is 0.791. The maximum absolute atomic E-state index is 12.0. The van der Waals surface area contributed by atoms with E-state index < -0.39 is 0 Å². The van der Waals surface area contributed by atoms with Crippen LogP contribution in [0.3, 0.4) is 0 Å². The number of nitrogens with zero attached hydrogens (tertiary/aromatic N) is 1. The average molecular weight is 390 g/mol. The lowest BCUT2D eigenvalue weighted by Crippen LogP contribution is -2.21. The van der Waals surface area contributed by atoms with E-state index in [1.54, 1.807) is 12.1 Å². The first-order valence-corrected chi connectivity index (χ1v) is 9.38. The lowest BCUT2D eigenvalue weighted by Gasteiger charge is -2.22. The summed E-state index contributed by atoms with van der Waals surface area (Å²) in [6.45, 7) is 3.89. The quantitative estimate of drug-likeness (QED) is 0.732. The number of rotatable bonds is 7. The van der Waals surface area contributed by atoms with Crippen LogP contribution in [0, 0.1) is 5.92 Å². The molecule has 27 heavy (non-hydrogen) atoms. The first-order chi connectivity index (χ1) is 13.0. The molecule has 0 bridgehead atoms. The highest BCUT2D eigenvalue weighted by molar-refractivity contribution is 6.30. The number of carbonyl (C=O) groups is 1. The van der Waals surface area contributed by atoms with Crippen molar-refractivity contribution in [3.63, 3.8) is 0 Å². The number of carbonyl (C=O) groups excluding carboxylic acids is 1. The first-order valence-electron chi connectivity index (χ1n) is 9.00. The molecule has 1 unspecified atom stereocenters. The van der Waals surface area contributed by atoms with Gasteiger partial charge in [0.25, 0.3) is 0 Å². The Morgan fingerprint density at radius 1 is 1.33 bits per heavy atom. The summed E-state index contributed by atoms with van der Waals surface area (Å²) in [6, 6.07) is 11.3. The Bertz CT molecular complexity index is 824. The van der Waals surface area contributed by atoms with Crippen LogP contribution in [0.4, 0.5) is 5.69 Å². The lowest BCUT2D eigenvalue weighted by atomic mass is 10.1. The van der Waals surface area contributed by atoms with Gasteiger partial charge < -0.3 is 19.5 Å². The number of benzene rings is 2. The minimum atomic E-state index is -0.307. The van der Waals surface area contributed by atoms with Crippen LogP contribution in [-0.4, -0.2) is 37.9 Å². The van der Waals surface area contributed by atoms with Crippen molar-refractivity contribution < 1.29 is 19.4 Å². The average Bonchev–Trinajstić information content (AvgIpc) is 3.09. The first kappa shape index (κ1) is 19.5. The van der Waals surface area contributed by atoms with Crippen LogP contribution >= 0.6 is 11.6 Å². The van der Waals surface area contributed by atoms with Gasteiger partial charge in [-0.25, -0.2) is 4.79 Å². The van der Waals surface area contributed by atoms with Crippen LogP contribution in [0.5, 0.6) is 5.75 Å². The van der Waals surface area contributed by atoms with Crippen molar-refractivity contribution in [3.8, 4) is 5.75 Å². The number of hydrogen-bond acceptors (Lipinski definition) is 5. The van der Waals surface area contributed by atoms with E-state index in [1.165, 1.54) is 7.11 Å². The van der Waals surface area contributed by atoms with Gasteiger partial charge in [-0.15, -0.1) is 0 Å². The highest BCUT2D eigenvalue weighted by Gasteiger charge is 2.25. The van der Waals surface area contributed by atoms with Gasteiger partial charge in [0.2, 0.25) is 0 Å². The molecule has 5 nitrogen and oxygen atoms in total. The SMILES string of the molecule is COC(=O)c1cccc2c1CCN2Cc1cc(Cl)ccc1OCC(C)CO. The summed E-state index contributed by atoms with van der Waals surface area (Å²) in [4.78, 5) is 14.2. The molecule has 0 aromatic heterocycles. The minimum Gasteiger partial charge on any atom is -0.493 e. The van der Waals surface area contributed by atoms with Crippen LogP contribution < -0.4 is 9.64 Å². The predicted octanol–water partition coefficient (Wildman–Crippen LogP) is 3.70. The summed E-state index contributed by atoms with van der Waals surface area (Å²) < 4.78 is 10.8. The predicted molar refractivity (Wildman–Crippen MR) is 106 cm³/mol. The zero-order valence-corrected chi connectivity index (χ0v) is 16.3. The molecule has 0 saturated heterocycles. The molecule has 144 valence electrons. The van der Waals surface area contributed by atoms with E-state index in [-0.39, 0.29) is 18.5 Å². The Morgan fingerprint density at radius 2 is 2.15 bits per heavy atom. The van der Waals surface area contributed by atoms with E-state index in [1.807, 2.05) is 31.2 Å². The number of anilines is 1. The molecule has 1 N–H and O–H groups in total. The second-order valence-corrected chi connectivity index (χ2v) is 7.25. The number of aliphatic hydroxyl groups is 1. The van der Waals surface area contributed by atoms with Gasteiger partial charge in [0.05, 0.1) is 19.3 Å². The summed E-state index contributed by atoms with van der Waals surface area (Å²) in [5, 5.41) is 9.86. The van der Waals surface area contributed by atoms with Gasteiger partial charge >= 0.3 is 5.97 Å². The number of aliphatic hydroxyl groups excluding tert-OH is 1. The molecule has 0 fully saturated rings. The van der Waals surface area contributed by atoms with Crippen molar-refractivity contribution in [1.82, 2.24) is 0 Å². The number of ether oxygens (including phenoxy) is 2. The molecule has 3 rings (SSSR count). The Labute approximate surface area is 164 Å². The Balaban J connectivity index is 1.84. The number of halogens is 1. The topological polar surface area (TPSA) is 59.0 Å². The third kappa shape index (κ3) is 4.37. The molecule has 6 heteroatoms. The summed E-state index contributed by atoms with van der Waals surface area (Å²) in [5.74, 6) is 0.513. The molecule has 0 spiro atoms. The van der Waals surface area contributed by atoms with E-state index in [9.17, 15) is 9.90 Å².